The van der Waals surface area contributed by atoms with E-state index in [0.29, 0.717) is 5.41 Å². The van der Waals surface area contributed by atoms with E-state index in [1.54, 1.807) is 0 Å². The summed E-state index contributed by atoms with van der Waals surface area (Å²) in [6.07, 6.45) is 0. The standard InChI is InChI=1S/C14H22N2/c1-4-15-9-12-6-5-7-13(8-12)16-10-14(2,3)11-16/h5-8,15H,4,9-11H2,1-3H3. The van der Waals surface area contributed by atoms with Gasteiger partial charge in [-0.3, -0.25) is 0 Å². The Balaban J connectivity index is 2.00. The topological polar surface area (TPSA) is 15.3 Å². The van der Waals surface area contributed by atoms with Gasteiger partial charge in [0.15, 0.2) is 0 Å². The van der Waals surface area contributed by atoms with Gasteiger partial charge in [-0.25, -0.2) is 0 Å². The van der Waals surface area contributed by atoms with Crippen molar-refractivity contribution in [2.45, 2.75) is 27.3 Å². The molecule has 16 heavy (non-hydrogen) atoms. The van der Waals surface area contributed by atoms with Gasteiger partial charge in [0.1, 0.15) is 0 Å². The highest BCUT2D eigenvalue weighted by Gasteiger charge is 2.33. The first-order valence-corrected chi connectivity index (χ1v) is 6.15. The van der Waals surface area contributed by atoms with Crippen LogP contribution in [0.15, 0.2) is 24.3 Å². The minimum absolute atomic E-state index is 0.498. The molecule has 0 radical (unpaired) electrons. The fourth-order valence-electron chi connectivity index (χ4n) is 2.30. The molecule has 1 heterocycles. The van der Waals surface area contributed by atoms with Gasteiger partial charge in [0.2, 0.25) is 0 Å². The molecule has 1 fully saturated rings. The van der Waals surface area contributed by atoms with E-state index in [2.05, 4.69) is 55.3 Å². The first-order chi connectivity index (χ1) is 7.61. The summed E-state index contributed by atoms with van der Waals surface area (Å²) < 4.78 is 0. The maximum absolute atomic E-state index is 3.36. The van der Waals surface area contributed by atoms with Crippen molar-refractivity contribution in [3.63, 3.8) is 0 Å². The van der Waals surface area contributed by atoms with Crippen molar-refractivity contribution in [1.82, 2.24) is 5.32 Å². The number of nitrogens with one attached hydrogen (secondary N) is 1. The maximum Gasteiger partial charge on any atom is 0.0369 e. The molecule has 1 aliphatic heterocycles. The van der Waals surface area contributed by atoms with Crippen LogP contribution in [-0.4, -0.2) is 19.6 Å². The lowest BCUT2D eigenvalue weighted by molar-refractivity contribution is 0.276. The van der Waals surface area contributed by atoms with Crippen molar-refractivity contribution in [2.24, 2.45) is 5.41 Å². The molecular weight excluding hydrogens is 196 g/mol. The third kappa shape index (κ3) is 2.56. The highest BCUT2D eigenvalue weighted by molar-refractivity contribution is 5.51. The molecule has 0 aliphatic carbocycles. The van der Waals surface area contributed by atoms with E-state index in [0.717, 1.165) is 13.1 Å². The summed E-state index contributed by atoms with van der Waals surface area (Å²) in [4.78, 5) is 2.45. The van der Waals surface area contributed by atoms with E-state index in [1.807, 2.05) is 0 Å². The Kier molecular flexibility index (Phi) is 3.20. The van der Waals surface area contributed by atoms with Gasteiger partial charge >= 0.3 is 0 Å². The van der Waals surface area contributed by atoms with Crippen LogP contribution in [0, 0.1) is 5.41 Å². The zero-order chi connectivity index (χ0) is 11.6. The lowest BCUT2D eigenvalue weighted by Gasteiger charge is -2.47. The van der Waals surface area contributed by atoms with Crippen molar-refractivity contribution in [2.75, 3.05) is 24.5 Å². The van der Waals surface area contributed by atoms with E-state index in [4.69, 9.17) is 0 Å². The summed E-state index contributed by atoms with van der Waals surface area (Å²) in [6, 6.07) is 8.87. The molecule has 0 saturated carbocycles. The zero-order valence-electron chi connectivity index (χ0n) is 10.6. The third-order valence-electron chi connectivity index (χ3n) is 3.09. The maximum atomic E-state index is 3.36. The van der Waals surface area contributed by atoms with Gasteiger partial charge in [-0.1, -0.05) is 32.9 Å². The van der Waals surface area contributed by atoms with Crippen LogP contribution < -0.4 is 10.2 Å². The summed E-state index contributed by atoms with van der Waals surface area (Å²) >= 11 is 0. The average Bonchev–Trinajstić information content (AvgIpc) is 2.23. The van der Waals surface area contributed by atoms with Gasteiger partial charge in [-0.2, -0.15) is 0 Å². The Morgan fingerprint density at radius 1 is 1.31 bits per heavy atom. The lowest BCUT2D eigenvalue weighted by Crippen LogP contribution is -2.53. The molecule has 1 aromatic rings. The second-order valence-corrected chi connectivity index (χ2v) is 5.47. The molecule has 1 aliphatic rings. The SMILES string of the molecule is CCNCc1cccc(N2CC(C)(C)C2)c1. The van der Waals surface area contributed by atoms with Crippen molar-refractivity contribution >= 4 is 5.69 Å². The van der Waals surface area contributed by atoms with E-state index in [-0.39, 0.29) is 0 Å². The first kappa shape index (κ1) is 11.5. The molecule has 0 atom stereocenters. The minimum Gasteiger partial charge on any atom is -0.370 e. The second kappa shape index (κ2) is 4.46. The second-order valence-electron chi connectivity index (χ2n) is 5.47. The van der Waals surface area contributed by atoms with Crippen molar-refractivity contribution in [3.8, 4) is 0 Å². The average molecular weight is 218 g/mol. The number of nitrogens with zero attached hydrogens (tertiary/aromatic N) is 1. The van der Waals surface area contributed by atoms with Crippen LogP contribution in [0.1, 0.15) is 26.3 Å². The molecule has 88 valence electrons. The normalized spacial score (nSPS) is 18.3. The van der Waals surface area contributed by atoms with Crippen molar-refractivity contribution in [1.29, 1.82) is 0 Å². The van der Waals surface area contributed by atoms with Crippen molar-refractivity contribution < 1.29 is 0 Å². The number of hydrogen-bond donors (Lipinski definition) is 1. The number of rotatable bonds is 4. The van der Waals surface area contributed by atoms with Crippen LogP contribution in [0.2, 0.25) is 0 Å². The van der Waals surface area contributed by atoms with E-state index in [9.17, 15) is 0 Å². The molecule has 2 rings (SSSR count). The van der Waals surface area contributed by atoms with Gasteiger partial charge in [0, 0.05) is 25.3 Å². The highest BCUT2D eigenvalue weighted by atomic mass is 15.2. The predicted octanol–water partition coefficient (Wildman–Crippen LogP) is 2.64. The molecule has 1 N–H and O–H groups in total. The van der Waals surface area contributed by atoms with E-state index >= 15 is 0 Å². The largest absolute Gasteiger partial charge is 0.370 e. The molecule has 0 spiro atoms. The number of anilines is 1. The zero-order valence-corrected chi connectivity index (χ0v) is 10.6. The molecule has 1 aromatic carbocycles. The Labute approximate surface area is 98.7 Å². The molecule has 2 nitrogen and oxygen atoms in total. The van der Waals surface area contributed by atoms with Gasteiger partial charge in [0.25, 0.3) is 0 Å². The molecule has 0 bridgehead atoms. The Bertz CT molecular complexity index is 350. The molecule has 0 amide bonds. The van der Waals surface area contributed by atoms with E-state index < -0.39 is 0 Å². The summed E-state index contributed by atoms with van der Waals surface area (Å²) in [5.41, 5.74) is 3.25. The fraction of sp³-hybridized carbons (Fsp3) is 0.571. The molecule has 0 aromatic heterocycles. The monoisotopic (exact) mass is 218 g/mol. The molecular formula is C14H22N2. The van der Waals surface area contributed by atoms with E-state index in [1.165, 1.54) is 24.3 Å². The van der Waals surface area contributed by atoms with Crippen LogP contribution in [0.4, 0.5) is 5.69 Å². The smallest absolute Gasteiger partial charge is 0.0369 e. The van der Waals surface area contributed by atoms with Gasteiger partial charge in [0.05, 0.1) is 0 Å². The third-order valence-corrected chi connectivity index (χ3v) is 3.09. The van der Waals surface area contributed by atoms with Crippen LogP contribution in [0.3, 0.4) is 0 Å². The van der Waals surface area contributed by atoms with Crippen LogP contribution >= 0.6 is 0 Å². The Morgan fingerprint density at radius 3 is 2.69 bits per heavy atom. The summed E-state index contributed by atoms with van der Waals surface area (Å²) in [7, 11) is 0. The highest BCUT2D eigenvalue weighted by Crippen LogP contribution is 2.33. The quantitative estimate of drug-likeness (QED) is 0.836. The van der Waals surface area contributed by atoms with Gasteiger partial charge in [-0.05, 0) is 29.7 Å². The Morgan fingerprint density at radius 2 is 2.06 bits per heavy atom. The van der Waals surface area contributed by atoms with Crippen LogP contribution in [-0.2, 0) is 6.54 Å². The predicted molar refractivity (Wildman–Crippen MR) is 69.8 cm³/mol. The van der Waals surface area contributed by atoms with Gasteiger partial charge in [-0.15, -0.1) is 0 Å². The number of hydrogen-bond acceptors (Lipinski definition) is 2. The van der Waals surface area contributed by atoms with Crippen LogP contribution in [0.25, 0.3) is 0 Å². The molecule has 1 saturated heterocycles. The fourth-order valence-corrected chi connectivity index (χ4v) is 2.30. The Hall–Kier alpha value is -1.02. The summed E-state index contributed by atoms with van der Waals surface area (Å²) in [5.74, 6) is 0. The summed E-state index contributed by atoms with van der Waals surface area (Å²) in [6.45, 7) is 11.2. The molecule has 0 unspecified atom stereocenters. The van der Waals surface area contributed by atoms with Crippen LogP contribution in [0.5, 0.6) is 0 Å². The summed E-state index contributed by atoms with van der Waals surface area (Å²) in [5, 5.41) is 3.36. The number of benzene rings is 1. The van der Waals surface area contributed by atoms with Gasteiger partial charge < -0.3 is 10.2 Å². The molecule has 2 heteroatoms. The van der Waals surface area contributed by atoms with Crippen molar-refractivity contribution in [3.05, 3.63) is 29.8 Å². The minimum atomic E-state index is 0.498. The first-order valence-electron chi connectivity index (χ1n) is 6.15. The lowest BCUT2D eigenvalue weighted by atomic mass is 9.84.